The molecule has 0 aliphatic rings. The third-order valence-corrected chi connectivity index (χ3v) is 3.34. The van der Waals surface area contributed by atoms with E-state index >= 15 is 0 Å². The van der Waals surface area contributed by atoms with Crippen LogP contribution in [0.2, 0.25) is 0 Å². The SMILES string of the molecule is CNCCc1n[nH]c(C)c1-c1ccc2nc[nH]c2c1. The van der Waals surface area contributed by atoms with E-state index in [4.69, 9.17) is 0 Å². The summed E-state index contributed by atoms with van der Waals surface area (Å²) in [6.07, 6.45) is 2.63. The van der Waals surface area contributed by atoms with Gasteiger partial charge in [-0.3, -0.25) is 5.10 Å². The number of rotatable bonds is 4. The molecule has 1 aromatic carbocycles. The van der Waals surface area contributed by atoms with Gasteiger partial charge in [0.1, 0.15) is 0 Å². The van der Waals surface area contributed by atoms with Gasteiger partial charge in [0.25, 0.3) is 0 Å². The maximum Gasteiger partial charge on any atom is 0.0931 e. The van der Waals surface area contributed by atoms with E-state index in [0.29, 0.717) is 0 Å². The number of benzene rings is 1. The van der Waals surface area contributed by atoms with Crippen LogP contribution in [0.15, 0.2) is 24.5 Å². The lowest BCUT2D eigenvalue weighted by Crippen LogP contribution is -2.11. The highest BCUT2D eigenvalue weighted by Crippen LogP contribution is 2.28. The monoisotopic (exact) mass is 255 g/mol. The molecule has 2 heterocycles. The molecular weight excluding hydrogens is 238 g/mol. The summed E-state index contributed by atoms with van der Waals surface area (Å²) in [5, 5.41) is 10.6. The second-order valence-electron chi connectivity index (χ2n) is 4.66. The summed E-state index contributed by atoms with van der Waals surface area (Å²) < 4.78 is 0. The van der Waals surface area contributed by atoms with Gasteiger partial charge in [0.2, 0.25) is 0 Å². The van der Waals surface area contributed by atoms with Gasteiger partial charge in [0, 0.05) is 24.2 Å². The first-order valence-corrected chi connectivity index (χ1v) is 6.41. The van der Waals surface area contributed by atoms with E-state index in [1.807, 2.05) is 13.1 Å². The molecule has 0 unspecified atom stereocenters. The molecule has 0 amide bonds. The molecule has 3 rings (SSSR count). The number of fused-ring (bicyclic) bond motifs is 1. The second kappa shape index (κ2) is 4.85. The van der Waals surface area contributed by atoms with Gasteiger partial charge >= 0.3 is 0 Å². The van der Waals surface area contributed by atoms with Crippen molar-refractivity contribution in [3.8, 4) is 11.1 Å². The van der Waals surface area contributed by atoms with Gasteiger partial charge in [0.15, 0.2) is 0 Å². The maximum absolute atomic E-state index is 4.41. The van der Waals surface area contributed by atoms with Gasteiger partial charge in [-0.05, 0) is 31.7 Å². The molecule has 0 aliphatic heterocycles. The molecule has 0 saturated heterocycles. The van der Waals surface area contributed by atoms with E-state index in [1.54, 1.807) is 6.33 Å². The molecular formula is C14H17N5. The molecule has 3 N–H and O–H groups in total. The summed E-state index contributed by atoms with van der Waals surface area (Å²) in [6, 6.07) is 6.27. The summed E-state index contributed by atoms with van der Waals surface area (Å²) in [4.78, 5) is 7.40. The zero-order valence-electron chi connectivity index (χ0n) is 11.1. The minimum atomic E-state index is 0.914. The lowest BCUT2D eigenvalue weighted by atomic mass is 10.0. The van der Waals surface area contributed by atoms with Crippen LogP contribution in [0, 0.1) is 6.92 Å². The Morgan fingerprint density at radius 2 is 2.21 bits per heavy atom. The number of imidazole rings is 1. The van der Waals surface area contributed by atoms with E-state index in [-0.39, 0.29) is 0 Å². The Morgan fingerprint density at radius 3 is 3.05 bits per heavy atom. The van der Waals surface area contributed by atoms with E-state index < -0.39 is 0 Å². The van der Waals surface area contributed by atoms with Gasteiger partial charge in [-0.1, -0.05) is 6.07 Å². The van der Waals surface area contributed by atoms with Crippen LogP contribution in [0.25, 0.3) is 22.2 Å². The predicted octanol–water partition coefficient (Wildman–Crippen LogP) is 2.02. The Hall–Kier alpha value is -2.14. The molecule has 5 heteroatoms. The third kappa shape index (κ3) is 2.13. The Balaban J connectivity index is 2.06. The summed E-state index contributed by atoms with van der Waals surface area (Å²) in [5.74, 6) is 0. The largest absolute Gasteiger partial charge is 0.345 e. The average molecular weight is 255 g/mol. The van der Waals surface area contributed by atoms with Crippen LogP contribution in [-0.2, 0) is 6.42 Å². The molecule has 98 valence electrons. The highest BCUT2D eigenvalue weighted by atomic mass is 15.1. The minimum absolute atomic E-state index is 0.914. The van der Waals surface area contributed by atoms with Crippen molar-refractivity contribution in [1.29, 1.82) is 0 Å². The molecule has 0 atom stereocenters. The molecule has 5 nitrogen and oxygen atoms in total. The fourth-order valence-electron chi connectivity index (χ4n) is 2.38. The molecule has 0 radical (unpaired) electrons. The molecule has 0 spiro atoms. The van der Waals surface area contributed by atoms with E-state index in [2.05, 4.69) is 44.5 Å². The molecule has 0 bridgehead atoms. The van der Waals surface area contributed by atoms with Gasteiger partial charge in [-0.2, -0.15) is 5.10 Å². The predicted molar refractivity (Wildman–Crippen MR) is 76.0 cm³/mol. The maximum atomic E-state index is 4.41. The van der Waals surface area contributed by atoms with Crippen molar-refractivity contribution in [2.75, 3.05) is 13.6 Å². The van der Waals surface area contributed by atoms with Crippen LogP contribution in [-0.4, -0.2) is 33.8 Å². The zero-order valence-corrected chi connectivity index (χ0v) is 11.1. The molecule has 2 aromatic heterocycles. The van der Waals surface area contributed by atoms with Crippen molar-refractivity contribution in [2.45, 2.75) is 13.3 Å². The van der Waals surface area contributed by atoms with Crippen molar-refractivity contribution >= 4 is 11.0 Å². The minimum Gasteiger partial charge on any atom is -0.345 e. The first kappa shape index (κ1) is 11.9. The van der Waals surface area contributed by atoms with Crippen LogP contribution < -0.4 is 5.32 Å². The third-order valence-electron chi connectivity index (χ3n) is 3.34. The normalized spacial score (nSPS) is 11.3. The second-order valence-corrected chi connectivity index (χ2v) is 4.66. The van der Waals surface area contributed by atoms with Crippen LogP contribution >= 0.6 is 0 Å². The summed E-state index contributed by atoms with van der Waals surface area (Å²) in [5.41, 5.74) is 6.62. The van der Waals surface area contributed by atoms with Crippen molar-refractivity contribution < 1.29 is 0 Å². The highest BCUT2D eigenvalue weighted by Gasteiger charge is 2.12. The first-order chi connectivity index (χ1) is 9.29. The van der Waals surface area contributed by atoms with Crippen LogP contribution in [0.4, 0.5) is 0 Å². The average Bonchev–Trinajstić information content (AvgIpc) is 3.01. The van der Waals surface area contributed by atoms with Crippen molar-refractivity contribution in [3.63, 3.8) is 0 Å². The van der Waals surface area contributed by atoms with Gasteiger partial charge in [-0.25, -0.2) is 4.98 Å². The number of aromatic nitrogens is 4. The smallest absolute Gasteiger partial charge is 0.0931 e. The summed E-state index contributed by atoms with van der Waals surface area (Å²) in [7, 11) is 1.95. The number of likely N-dealkylation sites (N-methyl/N-ethyl adjacent to an activating group) is 1. The number of nitrogens with zero attached hydrogens (tertiary/aromatic N) is 2. The van der Waals surface area contributed by atoms with Crippen molar-refractivity contribution in [1.82, 2.24) is 25.5 Å². The standard InChI is InChI=1S/C14H17N5/c1-9-14(12(19-18-9)5-6-15-2)10-3-4-11-13(7-10)17-8-16-11/h3-4,7-8,15H,5-6H2,1-2H3,(H,16,17)(H,18,19). The number of nitrogens with one attached hydrogen (secondary N) is 3. The lowest BCUT2D eigenvalue weighted by Gasteiger charge is -2.04. The number of aryl methyl sites for hydroxylation is 1. The van der Waals surface area contributed by atoms with Crippen LogP contribution in [0.3, 0.4) is 0 Å². The number of H-pyrrole nitrogens is 2. The molecule has 19 heavy (non-hydrogen) atoms. The van der Waals surface area contributed by atoms with E-state index in [9.17, 15) is 0 Å². The van der Waals surface area contributed by atoms with Gasteiger partial charge in [0.05, 0.1) is 23.1 Å². The van der Waals surface area contributed by atoms with Gasteiger partial charge in [-0.15, -0.1) is 0 Å². The molecule has 0 fully saturated rings. The fraction of sp³-hybridized carbons (Fsp3) is 0.286. The fourth-order valence-corrected chi connectivity index (χ4v) is 2.38. The molecule has 0 saturated carbocycles. The number of hydrogen-bond donors (Lipinski definition) is 3. The highest BCUT2D eigenvalue weighted by molar-refractivity contribution is 5.82. The quantitative estimate of drug-likeness (QED) is 0.668. The van der Waals surface area contributed by atoms with Crippen molar-refractivity contribution in [2.24, 2.45) is 0 Å². The van der Waals surface area contributed by atoms with E-state index in [1.165, 1.54) is 11.1 Å². The van der Waals surface area contributed by atoms with Gasteiger partial charge < -0.3 is 10.3 Å². The Labute approximate surface area is 111 Å². The summed E-state index contributed by atoms with van der Waals surface area (Å²) >= 11 is 0. The molecule has 3 aromatic rings. The Kier molecular flexibility index (Phi) is 3.05. The van der Waals surface area contributed by atoms with Crippen LogP contribution in [0.1, 0.15) is 11.4 Å². The van der Waals surface area contributed by atoms with E-state index in [0.717, 1.165) is 35.4 Å². The summed E-state index contributed by atoms with van der Waals surface area (Å²) in [6.45, 7) is 2.98. The number of aromatic amines is 2. The number of hydrogen-bond acceptors (Lipinski definition) is 3. The lowest BCUT2D eigenvalue weighted by molar-refractivity contribution is 0.773. The zero-order chi connectivity index (χ0) is 13.2. The Morgan fingerprint density at radius 1 is 1.32 bits per heavy atom. The topological polar surface area (TPSA) is 69.4 Å². The Bertz CT molecular complexity index is 695. The molecule has 0 aliphatic carbocycles. The van der Waals surface area contributed by atoms with Crippen molar-refractivity contribution in [3.05, 3.63) is 35.9 Å². The first-order valence-electron chi connectivity index (χ1n) is 6.41. The van der Waals surface area contributed by atoms with Crippen LogP contribution in [0.5, 0.6) is 0 Å².